The molecule has 0 amide bonds. The predicted molar refractivity (Wildman–Crippen MR) is 147 cm³/mol. The number of aliphatic hydroxyl groups is 1. The van der Waals surface area contributed by atoms with E-state index in [2.05, 4.69) is 51.4 Å². The molecule has 0 aromatic heterocycles. The summed E-state index contributed by atoms with van der Waals surface area (Å²) in [7, 11) is -1.62. The molecule has 0 heterocycles. The molecule has 1 nitrogen and oxygen atoms in total. The van der Waals surface area contributed by atoms with Crippen molar-refractivity contribution in [3.05, 3.63) is 78.4 Å². The number of benzene rings is 2. The Bertz CT molecular complexity index is 1050. The Morgan fingerprint density at radius 1 is 0.943 bits per heavy atom. The van der Waals surface area contributed by atoms with Crippen molar-refractivity contribution in [1.82, 2.24) is 0 Å². The molecule has 5 heteroatoms. The van der Waals surface area contributed by atoms with Gasteiger partial charge in [0.05, 0.1) is 0 Å². The maximum atomic E-state index is 15.7. The molecule has 188 valence electrons. The molecular weight excluding hydrogens is 474 g/mol. The zero-order chi connectivity index (χ0) is 25.7. The Hall–Kier alpha value is -1.87. The Morgan fingerprint density at radius 3 is 2.11 bits per heavy atom. The molecule has 3 atom stereocenters. The van der Waals surface area contributed by atoms with Gasteiger partial charge in [-0.3, -0.25) is 0 Å². The van der Waals surface area contributed by atoms with Crippen LogP contribution in [0.15, 0.2) is 77.7 Å². The molecule has 35 heavy (non-hydrogen) atoms. The van der Waals surface area contributed by atoms with E-state index in [0.717, 1.165) is 19.3 Å². The first kappa shape index (κ1) is 27.7. The van der Waals surface area contributed by atoms with Crippen molar-refractivity contribution < 1.29 is 13.9 Å². The van der Waals surface area contributed by atoms with Gasteiger partial charge in [-0.05, 0) is 65.6 Å². The fourth-order valence-electron chi connectivity index (χ4n) is 4.17. The second-order valence-corrected chi connectivity index (χ2v) is 17.4. The van der Waals surface area contributed by atoms with Gasteiger partial charge in [-0.1, -0.05) is 94.5 Å². The van der Waals surface area contributed by atoms with Gasteiger partial charge in [0.2, 0.25) is 0 Å². The molecule has 0 bridgehead atoms. The zero-order valence-corrected chi connectivity index (χ0v) is 23.3. The van der Waals surface area contributed by atoms with Gasteiger partial charge < -0.3 is 5.11 Å². The van der Waals surface area contributed by atoms with E-state index < -0.39 is 18.9 Å². The van der Waals surface area contributed by atoms with Crippen molar-refractivity contribution in [2.24, 2.45) is 11.8 Å². The van der Waals surface area contributed by atoms with E-state index >= 15 is 8.78 Å². The van der Waals surface area contributed by atoms with Crippen molar-refractivity contribution in [1.29, 1.82) is 0 Å². The van der Waals surface area contributed by atoms with E-state index in [1.54, 1.807) is 60.7 Å². The SMILES string of the molecule is CC(C)(C)[Si](C)(C)C#CCC[C@@H]1C=C[C@@H](CC(O)(c2ccccc2)C(F)(F)Sc2ccccc2)C1. The van der Waals surface area contributed by atoms with Gasteiger partial charge in [0.15, 0.2) is 5.60 Å². The van der Waals surface area contributed by atoms with Crippen LogP contribution >= 0.6 is 11.8 Å². The fraction of sp³-hybridized carbons (Fsp3) is 0.467. The van der Waals surface area contributed by atoms with Crippen LogP contribution in [0.4, 0.5) is 8.78 Å². The Kier molecular flexibility index (Phi) is 8.73. The molecule has 0 radical (unpaired) electrons. The normalized spacial score (nSPS) is 20.2. The lowest BCUT2D eigenvalue weighted by molar-refractivity contribution is -0.137. The van der Waals surface area contributed by atoms with Crippen LogP contribution < -0.4 is 0 Å². The van der Waals surface area contributed by atoms with Gasteiger partial charge in [0.1, 0.15) is 8.07 Å². The maximum absolute atomic E-state index is 15.7. The van der Waals surface area contributed by atoms with Gasteiger partial charge in [-0.2, -0.15) is 8.78 Å². The number of halogens is 2. The van der Waals surface area contributed by atoms with Gasteiger partial charge in [-0.25, -0.2) is 0 Å². The molecule has 0 fully saturated rings. The van der Waals surface area contributed by atoms with E-state index in [-0.39, 0.29) is 22.9 Å². The van der Waals surface area contributed by atoms with Crippen LogP contribution in [0, 0.1) is 23.3 Å². The van der Waals surface area contributed by atoms with E-state index in [9.17, 15) is 5.11 Å². The highest BCUT2D eigenvalue weighted by Gasteiger charge is 2.55. The quantitative estimate of drug-likeness (QED) is 0.165. The maximum Gasteiger partial charge on any atom is 0.330 e. The van der Waals surface area contributed by atoms with E-state index in [4.69, 9.17) is 0 Å². The summed E-state index contributed by atoms with van der Waals surface area (Å²) < 4.78 is 31.5. The summed E-state index contributed by atoms with van der Waals surface area (Å²) >= 11 is 0.431. The van der Waals surface area contributed by atoms with Crippen molar-refractivity contribution in [2.45, 2.75) is 80.3 Å². The first-order valence-corrected chi connectivity index (χ1v) is 16.2. The Labute approximate surface area is 215 Å². The van der Waals surface area contributed by atoms with E-state index in [0.29, 0.717) is 22.6 Å². The van der Waals surface area contributed by atoms with Crippen LogP contribution in [-0.4, -0.2) is 18.4 Å². The van der Waals surface area contributed by atoms with Crippen molar-refractivity contribution in [3.8, 4) is 11.5 Å². The molecule has 1 unspecified atom stereocenters. The number of alkyl halides is 2. The fourth-order valence-corrected chi connectivity index (χ4v) is 6.07. The molecule has 1 N–H and O–H groups in total. The lowest BCUT2D eigenvalue weighted by Crippen LogP contribution is -2.44. The average Bonchev–Trinajstić information content (AvgIpc) is 3.24. The molecule has 0 saturated carbocycles. The summed E-state index contributed by atoms with van der Waals surface area (Å²) in [6, 6.07) is 17.0. The van der Waals surface area contributed by atoms with Crippen LogP contribution in [0.25, 0.3) is 0 Å². The summed E-state index contributed by atoms with van der Waals surface area (Å²) in [5, 5.41) is 8.42. The summed E-state index contributed by atoms with van der Waals surface area (Å²) in [6.45, 7) is 11.4. The third-order valence-corrected chi connectivity index (χ3v) is 13.1. The molecule has 1 aliphatic rings. The molecule has 0 spiro atoms. The highest BCUT2D eigenvalue weighted by atomic mass is 32.2. The number of allylic oxidation sites excluding steroid dienone is 2. The van der Waals surface area contributed by atoms with Crippen molar-refractivity contribution in [2.75, 3.05) is 0 Å². The minimum Gasteiger partial charge on any atom is -0.378 e. The molecule has 3 rings (SSSR count). The van der Waals surface area contributed by atoms with Crippen LogP contribution in [0.2, 0.25) is 18.1 Å². The van der Waals surface area contributed by atoms with Crippen LogP contribution in [0.1, 0.15) is 52.0 Å². The van der Waals surface area contributed by atoms with Gasteiger partial charge in [0.25, 0.3) is 0 Å². The largest absolute Gasteiger partial charge is 0.378 e. The summed E-state index contributed by atoms with van der Waals surface area (Å²) in [6.07, 6.45) is 6.63. The summed E-state index contributed by atoms with van der Waals surface area (Å²) in [5.41, 5.74) is 1.54. The molecule has 0 saturated heterocycles. The minimum absolute atomic E-state index is 0.0213. The predicted octanol–water partition coefficient (Wildman–Crippen LogP) is 8.67. The van der Waals surface area contributed by atoms with Crippen molar-refractivity contribution in [3.63, 3.8) is 0 Å². The number of hydrogen-bond acceptors (Lipinski definition) is 2. The first-order valence-electron chi connectivity index (χ1n) is 12.4. The number of hydrogen-bond donors (Lipinski definition) is 1. The Balaban J connectivity index is 1.69. The third-order valence-electron chi connectivity index (χ3n) is 7.46. The summed E-state index contributed by atoms with van der Waals surface area (Å²) in [4.78, 5) is 0.437. The molecule has 0 aliphatic heterocycles. The lowest BCUT2D eigenvalue weighted by atomic mass is 9.83. The monoisotopic (exact) mass is 512 g/mol. The van der Waals surface area contributed by atoms with Crippen LogP contribution in [0.3, 0.4) is 0 Å². The second-order valence-electron chi connectivity index (χ2n) is 11.2. The molecule has 2 aromatic carbocycles. The lowest BCUT2D eigenvalue weighted by Gasteiger charge is -2.37. The number of rotatable bonds is 8. The van der Waals surface area contributed by atoms with Gasteiger partial charge in [0, 0.05) is 11.3 Å². The van der Waals surface area contributed by atoms with Gasteiger partial charge >= 0.3 is 5.25 Å². The van der Waals surface area contributed by atoms with Gasteiger partial charge in [-0.15, -0.1) is 11.5 Å². The smallest absolute Gasteiger partial charge is 0.330 e. The highest BCUT2D eigenvalue weighted by Crippen LogP contribution is 2.52. The average molecular weight is 513 g/mol. The first-order chi connectivity index (χ1) is 16.3. The van der Waals surface area contributed by atoms with Crippen LogP contribution in [-0.2, 0) is 5.60 Å². The molecule has 2 aromatic rings. The zero-order valence-electron chi connectivity index (χ0n) is 21.5. The standard InChI is InChI=1S/C30H38F2OSSi/c1-28(2,3)35(4,5)21-13-12-14-24-19-20-25(22-24)23-29(33,26-15-8-6-9-16-26)30(31,32)34-27-17-10-7-11-18-27/h6-11,15-20,24-25,33H,12,14,22-23H2,1-5H3/t24-,25-,29?/m1/s1. The number of thioether (sulfide) groups is 1. The third kappa shape index (κ3) is 6.87. The van der Waals surface area contributed by atoms with Crippen LogP contribution in [0.5, 0.6) is 0 Å². The van der Waals surface area contributed by atoms with E-state index in [1.807, 2.05) is 6.08 Å². The Morgan fingerprint density at radius 2 is 1.51 bits per heavy atom. The van der Waals surface area contributed by atoms with E-state index in [1.165, 1.54) is 0 Å². The molecular formula is C30H38F2OSSi. The highest BCUT2D eigenvalue weighted by molar-refractivity contribution is 8.00. The molecule has 1 aliphatic carbocycles. The second kappa shape index (κ2) is 11.0. The minimum atomic E-state index is -3.39. The topological polar surface area (TPSA) is 20.2 Å². The summed E-state index contributed by atoms with van der Waals surface area (Å²) in [5.74, 6) is 3.60. The van der Waals surface area contributed by atoms with Crippen molar-refractivity contribution >= 4 is 19.8 Å².